The molecule has 0 spiro atoms. The fourth-order valence-electron chi connectivity index (χ4n) is 6.34. The average molecular weight is 965 g/mol. The normalized spacial score (nSPS) is 23.1. The Morgan fingerprint density at radius 1 is 0.552 bits per heavy atom. The van der Waals surface area contributed by atoms with Gasteiger partial charge >= 0.3 is 19.8 Å². The van der Waals surface area contributed by atoms with Gasteiger partial charge in [-0.15, -0.1) is 0 Å². The Bertz CT molecular complexity index is 1620. The van der Waals surface area contributed by atoms with Crippen molar-refractivity contribution in [3.05, 3.63) is 109 Å². The van der Waals surface area contributed by atoms with Gasteiger partial charge in [-0.05, 0) is 77.0 Å². The molecule has 1 aliphatic carbocycles. The van der Waals surface area contributed by atoms with Crippen LogP contribution < -0.4 is 0 Å². The summed E-state index contributed by atoms with van der Waals surface area (Å²) in [5.41, 5.74) is 0. The molecular weight excluding hydrogens is 884 g/mol. The number of phosphoric acid groups is 1. The van der Waals surface area contributed by atoms with Crippen LogP contribution in [-0.2, 0) is 32.7 Å². The number of ether oxygens (including phenoxy) is 2. The number of hydrogen-bond acceptors (Lipinski definition) is 14. The van der Waals surface area contributed by atoms with Crippen molar-refractivity contribution in [2.75, 3.05) is 13.2 Å². The fourth-order valence-corrected chi connectivity index (χ4v) is 7.32. The Labute approximate surface area is 398 Å². The number of aliphatic hydroxyl groups excluding tert-OH is 7. The van der Waals surface area contributed by atoms with Crippen molar-refractivity contribution >= 4 is 19.8 Å². The second-order valence-electron chi connectivity index (χ2n) is 16.3. The molecule has 0 aromatic heterocycles. The Hall–Kier alpha value is -3.57. The van der Waals surface area contributed by atoms with E-state index in [1.165, 1.54) is 31.8 Å². The molecule has 3 unspecified atom stereocenters. The smallest absolute Gasteiger partial charge is 0.462 e. The highest BCUT2D eigenvalue weighted by Gasteiger charge is 2.51. The standard InChI is InChI=1S/C51H81O15P/c1-3-5-7-9-11-12-13-14-15-16-17-18-19-20-21-22-23-25-31-37-44(54)63-39-43(40-64-67(61,62)66-51-49(59)47(57)46(56)48(58)50(51)60)65-45(55)38-32-36-42(53)35-30-27-26-29-34-41(52)33-28-24-10-8-6-4-2/h11-12,14-15,17-18,20-21,23-30,34-35,41-43,46-53,56-60H,3-10,13,16,19,22,31-33,36-40H2,1-2H3,(H,61,62)/b12-11-,15-14-,18-17-,21-20-,25-23-,27-26+,28-24-,34-29+,35-30-/t41-,42-,43+,46?,47-,48+,49+,50+,51?/m0/s1. The van der Waals surface area contributed by atoms with Crippen molar-refractivity contribution in [3.8, 4) is 0 Å². The third-order valence-electron chi connectivity index (χ3n) is 10.3. The molecule has 8 N–H and O–H groups in total. The van der Waals surface area contributed by atoms with Gasteiger partial charge in [0.15, 0.2) is 6.10 Å². The van der Waals surface area contributed by atoms with Crippen molar-refractivity contribution in [2.24, 2.45) is 0 Å². The summed E-state index contributed by atoms with van der Waals surface area (Å²) >= 11 is 0. The van der Waals surface area contributed by atoms with E-state index in [4.69, 9.17) is 18.5 Å². The molecular formula is C51H81O15P. The topological polar surface area (TPSA) is 250 Å². The molecule has 1 saturated carbocycles. The van der Waals surface area contributed by atoms with E-state index in [0.29, 0.717) is 19.3 Å². The van der Waals surface area contributed by atoms with Crippen molar-refractivity contribution in [2.45, 2.75) is 184 Å². The minimum Gasteiger partial charge on any atom is -0.462 e. The van der Waals surface area contributed by atoms with Gasteiger partial charge in [0.1, 0.15) is 43.2 Å². The van der Waals surface area contributed by atoms with E-state index in [-0.39, 0.29) is 25.7 Å². The molecule has 0 bridgehead atoms. The van der Waals surface area contributed by atoms with E-state index in [0.717, 1.165) is 44.9 Å². The SMILES string of the molecule is CCCCC/C=C\C/C=C\C/C=C\C/C=C\C/C=C\CCC(=O)OC[C@H](COP(=O)(O)OC1[C@H](O)[C@H](O)C(O)[C@H](O)[C@H]1O)OC(=O)CCC[C@@H](O)\C=C/C=C/C=C/[C@@H](O)C/C=C\CCCCC. The van der Waals surface area contributed by atoms with E-state index in [9.17, 15) is 54.8 Å². The van der Waals surface area contributed by atoms with Gasteiger partial charge in [0.25, 0.3) is 0 Å². The van der Waals surface area contributed by atoms with Crippen molar-refractivity contribution in [1.29, 1.82) is 0 Å². The highest BCUT2D eigenvalue weighted by molar-refractivity contribution is 7.47. The Morgan fingerprint density at radius 2 is 1.03 bits per heavy atom. The van der Waals surface area contributed by atoms with E-state index in [2.05, 4.69) is 62.5 Å². The van der Waals surface area contributed by atoms with E-state index >= 15 is 0 Å². The van der Waals surface area contributed by atoms with Crippen LogP contribution >= 0.6 is 7.82 Å². The molecule has 0 aliphatic heterocycles. The summed E-state index contributed by atoms with van der Waals surface area (Å²) in [6, 6.07) is 0. The van der Waals surface area contributed by atoms with Gasteiger partial charge in [-0.1, -0.05) is 149 Å². The molecule has 1 aliphatic rings. The van der Waals surface area contributed by atoms with Crippen LogP contribution in [0.3, 0.4) is 0 Å². The molecule has 67 heavy (non-hydrogen) atoms. The van der Waals surface area contributed by atoms with Crippen molar-refractivity contribution < 1.29 is 73.3 Å². The largest absolute Gasteiger partial charge is 0.472 e. The lowest BCUT2D eigenvalue weighted by molar-refractivity contribution is -0.220. The molecule has 0 aromatic rings. The number of carbonyl (C=O) groups excluding carboxylic acids is 2. The van der Waals surface area contributed by atoms with Crippen LogP contribution in [0.1, 0.15) is 129 Å². The molecule has 380 valence electrons. The van der Waals surface area contributed by atoms with Crippen molar-refractivity contribution in [3.63, 3.8) is 0 Å². The summed E-state index contributed by atoms with van der Waals surface area (Å²) in [7, 11) is -5.21. The molecule has 10 atom stereocenters. The molecule has 0 heterocycles. The lowest BCUT2D eigenvalue weighted by Gasteiger charge is -2.41. The molecule has 16 heteroatoms. The summed E-state index contributed by atoms with van der Waals surface area (Å²) < 4.78 is 33.3. The van der Waals surface area contributed by atoms with Crippen LogP contribution in [0.5, 0.6) is 0 Å². The van der Waals surface area contributed by atoms with Gasteiger partial charge in [-0.3, -0.25) is 18.6 Å². The second kappa shape index (κ2) is 39.3. The third kappa shape index (κ3) is 32.0. The van der Waals surface area contributed by atoms with E-state index in [1.807, 2.05) is 24.3 Å². The molecule has 1 fully saturated rings. The predicted octanol–water partition coefficient (Wildman–Crippen LogP) is 7.55. The molecule has 1 rings (SSSR count). The number of unbranched alkanes of at least 4 members (excludes halogenated alkanes) is 6. The highest BCUT2D eigenvalue weighted by Crippen LogP contribution is 2.47. The number of aliphatic hydroxyl groups is 7. The minimum absolute atomic E-state index is 0.0160. The lowest BCUT2D eigenvalue weighted by Crippen LogP contribution is -2.64. The highest BCUT2D eigenvalue weighted by atomic mass is 31.2. The van der Waals surface area contributed by atoms with Crippen LogP contribution in [-0.4, -0.2) is 121 Å². The molecule has 0 aromatic carbocycles. The van der Waals surface area contributed by atoms with Crippen LogP contribution in [0.25, 0.3) is 0 Å². The Kier molecular flexibility index (Phi) is 36.0. The number of allylic oxidation sites excluding steroid dienone is 15. The maximum atomic E-state index is 12.8. The monoisotopic (exact) mass is 965 g/mol. The maximum Gasteiger partial charge on any atom is 0.472 e. The zero-order chi connectivity index (χ0) is 49.5. The van der Waals surface area contributed by atoms with Crippen molar-refractivity contribution in [1.82, 2.24) is 0 Å². The van der Waals surface area contributed by atoms with E-state index < -0.39 is 87.9 Å². The number of rotatable bonds is 37. The van der Waals surface area contributed by atoms with Gasteiger partial charge in [0.05, 0.1) is 18.8 Å². The van der Waals surface area contributed by atoms with Crippen LogP contribution in [0.2, 0.25) is 0 Å². The number of phosphoric ester groups is 1. The van der Waals surface area contributed by atoms with Gasteiger partial charge in [-0.25, -0.2) is 4.57 Å². The summed E-state index contributed by atoms with van der Waals surface area (Å²) in [4.78, 5) is 35.7. The lowest BCUT2D eigenvalue weighted by atomic mass is 9.85. The first-order chi connectivity index (χ1) is 32.2. The average Bonchev–Trinajstić information content (AvgIpc) is 3.30. The van der Waals surface area contributed by atoms with Crippen LogP contribution in [0, 0.1) is 0 Å². The summed E-state index contributed by atoms with van der Waals surface area (Å²) in [5, 5.41) is 70.6. The van der Waals surface area contributed by atoms with Crippen LogP contribution in [0.15, 0.2) is 109 Å². The zero-order valence-corrected chi connectivity index (χ0v) is 40.5. The first-order valence-corrected chi connectivity index (χ1v) is 25.4. The molecule has 0 amide bonds. The number of hydrogen-bond donors (Lipinski definition) is 8. The zero-order valence-electron chi connectivity index (χ0n) is 39.6. The maximum absolute atomic E-state index is 12.8. The summed E-state index contributed by atoms with van der Waals surface area (Å²) in [5.74, 6) is -1.45. The number of esters is 2. The Balaban J connectivity index is 2.63. The van der Waals surface area contributed by atoms with Gasteiger partial charge < -0.3 is 50.1 Å². The molecule has 15 nitrogen and oxygen atoms in total. The summed E-state index contributed by atoms with van der Waals surface area (Å²) in [6.45, 7) is 2.93. The predicted molar refractivity (Wildman–Crippen MR) is 260 cm³/mol. The number of carbonyl (C=O) groups is 2. The quantitative estimate of drug-likeness (QED) is 0.00984. The Morgan fingerprint density at radius 3 is 1.57 bits per heavy atom. The fraction of sp³-hybridized carbons (Fsp3) is 0.608. The molecule has 0 radical (unpaired) electrons. The van der Waals surface area contributed by atoms with Crippen LogP contribution in [0.4, 0.5) is 0 Å². The van der Waals surface area contributed by atoms with Gasteiger partial charge in [-0.2, -0.15) is 0 Å². The first kappa shape index (κ1) is 61.4. The second-order valence-corrected chi connectivity index (χ2v) is 17.7. The summed E-state index contributed by atoms with van der Waals surface area (Å²) in [6.07, 6.45) is 33.3. The minimum atomic E-state index is -5.21. The third-order valence-corrected chi connectivity index (χ3v) is 11.3. The first-order valence-electron chi connectivity index (χ1n) is 23.9. The molecule has 0 saturated heterocycles. The van der Waals surface area contributed by atoms with E-state index in [1.54, 1.807) is 30.4 Å². The van der Waals surface area contributed by atoms with Gasteiger partial charge in [0, 0.05) is 12.8 Å². The van der Waals surface area contributed by atoms with Gasteiger partial charge in [0.2, 0.25) is 0 Å².